The number of aromatic nitrogens is 1. The van der Waals surface area contributed by atoms with E-state index >= 15 is 0 Å². The third-order valence-electron chi connectivity index (χ3n) is 3.68. The third kappa shape index (κ3) is 2.34. The van der Waals surface area contributed by atoms with E-state index in [0.717, 1.165) is 32.3 Å². The van der Waals surface area contributed by atoms with Crippen molar-refractivity contribution in [2.24, 2.45) is 0 Å². The first-order valence-corrected chi connectivity index (χ1v) is 7.77. The van der Waals surface area contributed by atoms with E-state index in [1.165, 1.54) is 0 Å². The van der Waals surface area contributed by atoms with Crippen molar-refractivity contribution in [2.45, 2.75) is 20.8 Å². The van der Waals surface area contributed by atoms with E-state index in [-0.39, 0.29) is 0 Å². The summed E-state index contributed by atoms with van der Waals surface area (Å²) in [4.78, 5) is 0.913. The molecule has 21 heavy (non-hydrogen) atoms. The van der Waals surface area contributed by atoms with Crippen LogP contribution in [0.15, 0.2) is 48.5 Å². The van der Waals surface area contributed by atoms with Crippen LogP contribution in [-0.2, 0) is 0 Å². The zero-order chi connectivity index (χ0) is 15.0. The Balaban J connectivity index is 2.25. The third-order valence-corrected chi connectivity index (χ3v) is 4.78. The van der Waals surface area contributed by atoms with E-state index in [1.807, 2.05) is 47.9 Å². The lowest BCUT2D eigenvalue weighted by molar-refractivity contribution is -0.605. The fourth-order valence-electron chi connectivity index (χ4n) is 2.69. The molecule has 3 rings (SSSR count). The zero-order valence-corrected chi connectivity index (χ0v) is 13.2. The average molecular weight is 296 g/mol. The van der Waals surface area contributed by atoms with Crippen molar-refractivity contribution >= 4 is 11.3 Å². The Bertz CT molecular complexity index is 770. The number of nitrogens with zero attached hydrogens (tertiary/aromatic N) is 1. The summed E-state index contributed by atoms with van der Waals surface area (Å²) in [7, 11) is 0. The largest absolute Gasteiger partial charge is 0.458 e. The van der Waals surface area contributed by atoms with Crippen molar-refractivity contribution in [3.05, 3.63) is 64.7 Å². The van der Waals surface area contributed by atoms with Gasteiger partial charge in [0, 0.05) is 23.6 Å². The van der Waals surface area contributed by atoms with Crippen LogP contribution in [0.4, 0.5) is 0 Å². The summed E-state index contributed by atoms with van der Waals surface area (Å²) in [6.45, 7) is 6.20. The van der Waals surface area contributed by atoms with E-state index in [9.17, 15) is 5.11 Å². The number of aryl methyl sites for hydroxylation is 3. The Labute approximate surface area is 129 Å². The van der Waals surface area contributed by atoms with Gasteiger partial charge in [0.2, 0.25) is 10.7 Å². The van der Waals surface area contributed by atoms with Gasteiger partial charge in [-0.25, -0.2) is 0 Å². The minimum absolute atomic E-state index is 0.320. The molecule has 0 saturated heterocycles. The summed E-state index contributed by atoms with van der Waals surface area (Å²) >= 11 is 1.62. The number of para-hydroxylation sites is 1. The monoisotopic (exact) mass is 296 g/mol. The molecule has 0 amide bonds. The summed E-state index contributed by atoms with van der Waals surface area (Å²) in [5, 5.41) is 11.8. The molecule has 0 fully saturated rings. The minimum atomic E-state index is 0.320. The normalized spacial score (nSPS) is 10.8. The van der Waals surface area contributed by atoms with Crippen LogP contribution in [0, 0.1) is 20.8 Å². The second-order valence-electron chi connectivity index (χ2n) is 5.22. The Kier molecular flexibility index (Phi) is 3.52. The van der Waals surface area contributed by atoms with E-state index in [4.69, 9.17) is 0 Å². The summed E-state index contributed by atoms with van der Waals surface area (Å²) in [6.07, 6.45) is 0. The number of hydrogen-bond donors (Lipinski definition) is 1. The second kappa shape index (κ2) is 5.34. The van der Waals surface area contributed by atoms with E-state index in [2.05, 4.69) is 26.0 Å². The van der Waals surface area contributed by atoms with Gasteiger partial charge in [0.05, 0.1) is 0 Å². The summed E-state index contributed by atoms with van der Waals surface area (Å²) < 4.78 is 1.96. The molecule has 0 unspecified atom stereocenters. The highest BCUT2D eigenvalue weighted by Gasteiger charge is 2.28. The molecule has 1 aromatic heterocycles. The number of hydrogen-bond acceptors (Lipinski definition) is 2. The van der Waals surface area contributed by atoms with Gasteiger partial charge in [-0.15, -0.1) is 4.57 Å². The quantitative estimate of drug-likeness (QED) is 0.700. The number of thiazole rings is 1. The summed E-state index contributed by atoms with van der Waals surface area (Å²) in [5.74, 6) is 0.320. The summed E-state index contributed by atoms with van der Waals surface area (Å²) in [5.41, 5.74) is 4.45. The highest BCUT2D eigenvalue weighted by Crippen LogP contribution is 2.35. The van der Waals surface area contributed by atoms with Crippen LogP contribution in [0.2, 0.25) is 0 Å². The van der Waals surface area contributed by atoms with Gasteiger partial charge in [-0.1, -0.05) is 59.9 Å². The Hall–Kier alpha value is -2.13. The lowest BCUT2D eigenvalue weighted by atomic mass is 10.1. The highest BCUT2D eigenvalue weighted by molar-refractivity contribution is 7.15. The van der Waals surface area contributed by atoms with Gasteiger partial charge < -0.3 is 5.11 Å². The standard InChI is InChI=1S/C18H17NOS/c1-12-8-7-9-13(2)16(12)19-14(3)21-17(18(19)20)15-10-5-4-6-11-15/h4-11H,1-3H3/p+1. The molecule has 1 N–H and O–H groups in total. The number of aromatic hydroxyl groups is 1. The molecule has 0 bridgehead atoms. The van der Waals surface area contributed by atoms with Crippen LogP contribution < -0.4 is 4.57 Å². The van der Waals surface area contributed by atoms with Gasteiger partial charge in [0.15, 0.2) is 4.88 Å². The van der Waals surface area contributed by atoms with Crippen molar-refractivity contribution in [1.29, 1.82) is 0 Å². The van der Waals surface area contributed by atoms with Gasteiger partial charge >= 0.3 is 5.88 Å². The van der Waals surface area contributed by atoms with Crippen molar-refractivity contribution in [3.8, 4) is 22.0 Å². The first-order chi connectivity index (χ1) is 10.1. The molecule has 3 heteroatoms. The van der Waals surface area contributed by atoms with Crippen LogP contribution in [0.25, 0.3) is 16.1 Å². The second-order valence-corrected chi connectivity index (χ2v) is 6.42. The molecule has 0 aliphatic rings. The van der Waals surface area contributed by atoms with E-state index in [1.54, 1.807) is 11.3 Å². The SMILES string of the molecule is Cc1cccc(C)c1-[n+]1c(C)sc(-c2ccccc2)c1O. The fourth-order valence-corrected chi connectivity index (χ4v) is 3.69. The molecule has 3 aromatic rings. The first-order valence-electron chi connectivity index (χ1n) is 6.96. The van der Waals surface area contributed by atoms with Crippen LogP contribution in [0.5, 0.6) is 5.88 Å². The molecule has 106 valence electrons. The fraction of sp³-hybridized carbons (Fsp3) is 0.167. The van der Waals surface area contributed by atoms with Crippen molar-refractivity contribution in [1.82, 2.24) is 0 Å². The van der Waals surface area contributed by atoms with Gasteiger partial charge in [0.25, 0.3) is 0 Å². The number of rotatable bonds is 2. The van der Waals surface area contributed by atoms with Gasteiger partial charge in [0.1, 0.15) is 0 Å². The van der Waals surface area contributed by atoms with Crippen molar-refractivity contribution in [3.63, 3.8) is 0 Å². The van der Waals surface area contributed by atoms with Crippen LogP contribution in [-0.4, -0.2) is 5.11 Å². The predicted octanol–water partition coefficient (Wildman–Crippen LogP) is 4.32. The highest BCUT2D eigenvalue weighted by atomic mass is 32.1. The predicted molar refractivity (Wildman–Crippen MR) is 87.2 cm³/mol. The molecule has 2 nitrogen and oxygen atoms in total. The van der Waals surface area contributed by atoms with E-state index < -0.39 is 0 Å². The maximum Gasteiger partial charge on any atom is 0.390 e. The van der Waals surface area contributed by atoms with E-state index in [0.29, 0.717) is 5.88 Å². The van der Waals surface area contributed by atoms with Gasteiger partial charge in [-0.05, 0) is 13.8 Å². The molecule has 0 aliphatic heterocycles. The lowest BCUT2D eigenvalue weighted by Crippen LogP contribution is -2.33. The first kappa shape index (κ1) is 13.8. The van der Waals surface area contributed by atoms with Crippen LogP contribution >= 0.6 is 11.3 Å². The maximum absolute atomic E-state index is 10.7. The zero-order valence-electron chi connectivity index (χ0n) is 12.4. The smallest absolute Gasteiger partial charge is 0.390 e. The molecule has 0 spiro atoms. The van der Waals surface area contributed by atoms with Gasteiger partial charge in [-0.2, -0.15) is 0 Å². The average Bonchev–Trinajstić information content (AvgIpc) is 2.76. The molecule has 2 aromatic carbocycles. The molecule has 0 aliphatic carbocycles. The van der Waals surface area contributed by atoms with Crippen LogP contribution in [0.1, 0.15) is 16.1 Å². The van der Waals surface area contributed by atoms with Crippen molar-refractivity contribution in [2.75, 3.05) is 0 Å². The minimum Gasteiger partial charge on any atom is -0.458 e. The van der Waals surface area contributed by atoms with Crippen molar-refractivity contribution < 1.29 is 9.67 Å². The van der Waals surface area contributed by atoms with Gasteiger partial charge in [-0.3, -0.25) is 0 Å². The topological polar surface area (TPSA) is 24.1 Å². The maximum atomic E-state index is 10.7. The molecular weight excluding hydrogens is 278 g/mol. The molecule has 1 heterocycles. The molecule has 0 atom stereocenters. The lowest BCUT2D eigenvalue weighted by Gasteiger charge is -2.03. The molecule has 0 radical (unpaired) electrons. The Morgan fingerprint density at radius 3 is 2.10 bits per heavy atom. The Morgan fingerprint density at radius 2 is 1.48 bits per heavy atom. The summed E-state index contributed by atoms with van der Waals surface area (Å²) in [6, 6.07) is 16.2. The number of benzene rings is 2. The molecule has 0 saturated carbocycles. The molecular formula is C18H18NOS+. The Morgan fingerprint density at radius 1 is 0.857 bits per heavy atom. The van der Waals surface area contributed by atoms with Crippen LogP contribution in [0.3, 0.4) is 0 Å².